The lowest BCUT2D eigenvalue weighted by Gasteiger charge is -2.34. The molecule has 0 radical (unpaired) electrons. The minimum Gasteiger partial charge on any atom is -0.494 e. The van der Waals surface area contributed by atoms with Crippen LogP contribution < -0.4 is 20.7 Å². The van der Waals surface area contributed by atoms with Gasteiger partial charge in [-0.3, -0.25) is 72.6 Å². The van der Waals surface area contributed by atoms with Crippen LogP contribution in [0.25, 0.3) is 10.9 Å². The summed E-state index contributed by atoms with van der Waals surface area (Å²) >= 11 is 2.26. The van der Waals surface area contributed by atoms with Crippen LogP contribution in [0.2, 0.25) is 0 Å². The number of hydrogen-bond donors (Lipinski definition) is 4. The first-order valence-electron chi connectivity index (χ1n) is 31.4. The van der Waals surface area contributed by atoms with E-state index < -0.39 is 48.8 Å². The molecule has 4 N–H and O–H groups in total. The van der Waals surface area contributed by atoms with E-state index in [4.69, 9.17) is 20.6 Å². The van der Waals surface area contributed by atoms with Gasteiger partial charge in [0.2, 0.25) is 29.5 Å². The van der Waals surface area contributed by atoms with Gasteiger partial charge < -0.3 is 45.1 Å². The van der Waals surface area contributed by atoms with Crippen LogP contribution in [0, 0.1) is 15.9 Å². The number of aromatic nitrogens is 1. The number of pyridine rings is 1. The lowest BCUT2D eigenvalue weighted by Crippen LogP contribution is -2.52. The molecule has 1 aromatic heterocycles. The summed E-state index contributed by atoms with van der Waals surface area (Å²) in [4.78, 5) is 131. The number of halogens is 3. The van der Waals surface area contributed by atoms with Crippen molar-refractivity contribution in [2.75, 3.05) is 138 Å². The van der Waals surface area contributed by atoms with E-state index in [1.54, 1.807) is 29.2 Å². The predicted octanol–water partition coefficient (Wildman–Crippen LogP) is 3.62. The van der Waals surface area contributed by atoms with E-state index in [0.717, 1.165) is 21.4 Å². The van der Waals surface area contributed by atoms with Crippen molar-refractivity contribution < 1.29 is 71.2 Å². The Morgan fingerprint density at radius 2 is 1.34 bits per heavy atom. The van der Waals surface area contributed by atoms with Crippen LogP contribution in [-0.2, 0) is 54.3 Å². The number of alkyl halides is 2. The number of terminal acetylenes is 1. The number of likely N-dealkylation sites (tertiary alicyclic amines) is 1. The van der Waals surface area contributed by atoms with E-state index >= 15 is 0 Å². The van der Waals surface area contributed by atoms with Crippen molar-refractivity contribution in [1.29, 1.82) is 0 Å². The van der Waals surface area contributed by atoms with Crippen LogP contribution in [0.15, 0.2) is 54.7 Å². The first-order valence-corrected chi connectivity index (χ1v) is 32.5. The molecule has 2 atom stereocenters. The standard InChI is InChI=1S/C64H88F2IN11O13/c1-2-51-41-64(65,66)44-78(51)61(85)21-20-57(81)53-22-25-68-55-19-18-52(40-54(53)55)91-39-9-26-72-35-37-77(38-36-72)60(84)13-4-3-6-24-70-63(88)56(11-5-7-23-69-58(82)12-8-10-49-14-16-50(67)17-15-49)71-59(83)42-73-27-28-74(43-62(86)87)30-32-76(46-90-48-80)34-33-75(31-29-73)45-89-47-79/h1,14-19,22,25,40,47-48,51,56H,3-13,20-21,23-24,26-39,41-46H2,(H,69,82)(H,70,88)(H,71,83)(H,86,87)/t51-,56?/m0/s1. The lowest BCUT2D eigenvalue weighted by molar-refractivity contribution is -0.139. The smallest absolute Gasteiger partial charge is 0.317 e. The van der Waals surface area contributed by atoms with Crippen molar-refractivity contribution in [2.24, 2.45) is 0 Å². The fourth-order valence-corrected chi connectivity index (χ4v) is 11.5. The van der Waals surface area contributed by atoms with Crippen LogP contribution >= 0.6 is 22.6 Å². The van der Waals surface area contributed by atoms with Crippen molar-refractivity contribution in [3.05, 3.63) is 69.4 Å². The number of carbonyl (C=O) groups is 9. The Labute approximate surface area is 544 Å². The minimum atomic E-state index is -3.07. The number of Topliss-reactive ketones (excluding diaryl/α,β-unsaturated/α-hetero) is 1. The molecule has 1 unspecified atom stereocenters. The zero-order valence-corrected chi connectivity index (χ0v) is 54.0. The van der Waals surface area contributed by atoms with Gasteiger partial charge in [-0.05, 0) is 116 Å². The molecule has 24 nitrogen and oxygen atoms in total. The maximum absolute atomic E-state index is 14.0. The number of ether oxygens (including phenoxy) is 3. The number of carboxylic acids is 1. The van der Waals surface area contributed by atoms with Gasteiger partial charge in [-0.25, -0.2) is 8.78 Å². The number of carboxylic acid groups (broad SMARTS) is 1. The molecule has 4 heterocycles. The van der Waals surface area contributed by atoms with Crippen LogP contribution in [0.1, 0.15) is 99.4 Å². The van der Waals surface area contributed by atoms with Gasteiger partial charge in [-0.15, -0.1) is 6.42 Å². The Morgan fingerprint density at radius 3 is 2.00 bits per heavy atom. The highest BCUT2D eigenvalue weighted by Gasteiger charge is 2.46. The maximum atomic E-state index is 14.0. The van der Waals surface area contributed by atoms with Crippen molar-refractivity contribution in [1.82, 2.24) is 55.2 Å². The van der Waals surface area contributed by atoms with Gasteiger partial charge in [0.1, 0.15) is 25.3 Å². The molecule has 498 valence electrons. The topological polar surface area (TPSA) is 273 Å². The van der Waals surface area contributed by atoms with Gasteiger partial charge in [0, 0.05) is 151 Å². The summed E-state index contributed by atoms with van der Waals surface area (Å²) < 4.78 is 45.3. The molecule has 6 rings (SSSR count). The number of hydrogen-bond acceptors (Lipinski definition) is 18. The van der Waals surface area contributed by atoms with Crippen molar-refractivity contribution in [3.63, 3.8) is 0 Å². The molecule has 0 bridgehead atoms. The molecule has 5 amide bonds. The number of carbonyl (C=O) groups excluding carboxylic acids is 8. The Balaban J connectivity index is 0.918. The molecule has 3 aliphatic rings. The van der Waals surface area contributed by atoms with E-state index in [0.29, 0.717) is 198 Å². The molecule has 0 aliphatic carbocycles. The number of piperazine rings is 1. The Kier molecular flexibility index (Phi) is 31.7. The molecule has 3 fully saturated rings. The van der Waals surface area contributed by atoms with E-state index in [9.17, 15) is 57.0 Å². The van der Waals surface area contributed by atoms with Gasteiger partial charge in [0.25, 0.3) is 18.9 Å². The average molecular weight is 1380 g/mol. The second-order valence-corrected chi connectivity index (χ2v) is 24.4. The van der Waals surface area contributed by atoms with Gasteiger partial charge in [-0.1, -0.05) is 24.5 Å². The van der Waals surface area contributed by atoms with E-state index in [-0.39, 0.29) is 62.9 Å². The molecular weight excluding hydrogens is 1300 g/mol. The first kappa shape index (κ1) is 73.1. The Bertz CT molecular complexity index is 2900. The summed E-state index contributed by atoms with van der Waals surface area (Å²) in [7, 11) is 0. The zero-order chi connectivity index (χ0) is 65.4. The molecule has 27 heteroatoms. The average Bonchev–Trinajstić information content (AvgIpc) is 1.91. The molecular formula is C64H88F2IN11O13. The molecule has 91 heavy (non-hydrogen) atoms. The van der Waals surface area contributed by atoms with E-state index in [1.165, 1.54) is 11.8 Å². The largest absolute Gasteiger partial charge is 0.494 e. The van der Waals surface area contributed by atoms with Crippen LogP contribution in [0.3, 0.4) is 0 Å². The van der Waals surface area contributed by atoms with Gasteiger partial charge in [0.05, 0.1) is 37.8 Å². The van der Waals surface area contributed by atoms with Crippen molar-refractivity contribution in [3.8, 4) is 18.1 Å². The summed E-state index contributed by atoms with van der Waals surface area (Å²) in [5.74, 6) is -2.96. The molecule has 0 spiro atoms. The highest BCUT2D eigenvalue weighted by Crippen LogP contribution is 2.33. The molecule has 3 aliphatic heterocycles. The summed E-state index contributed by atoms with van der Waals surface area (Å²) in [6.45, 7) is 6.88. The lowest BCUT2D eigenvalue weighted by atomic mass is 10.0. The van der Waals surface area contributed by atoms with Crippen LogP contribution in [-0.4, -0.2) is 255 Å². The first-order chi connectivity index (χ1) is 43.9. The minimum absolute atomic E-state index is 0.00257. The summed E-state index contributed by atoms with van der Waals surface area (Å²) in [5.41, 5.74) is 2.08. The third-order valence-electron chi connectivity index (χ3n) is 16.3. The number of fused-ring (bicyclic) bond motifs is 1. The summed E-state index contributed by atoms with van der Waals surface area (Å²) in [6.07, 6.45) is 12.2. The summed E-state index contributed by atoms with van der Waals surface area (Å²) in [5, 5.41) is 19.2. The maximum Gasteiger partial charge on any atom is 0.317 e. The SMILES string of the molecule is C#C[C@H]1CC(F)(F)CN1C(=O)CCC(=O)c1ccnc2ccc(OCCCN3CCN(C(=O)CCCCCNC(=O)C(CCCCNC(=O)CCCc4ccc(I)cc4)NC(=O)CN4CCN(COC=O)CCN(COC=O)CCN(CC(=O)O)CC4)CC3)cc12. The molecule has 3 aromatic rings. The number of aliphatic carboxylic acids is 1. The van der Waals surface area contributed by atoms with Crippen LogP contribution in [0.4, 0.5) is 8.78 Å². The predicted molar refractivity (Wildman–Crippen MR) is 342 cm³/mol. The second-order valence-electron chi connectivity index (χ2n) is 23.2. The zero-order valence-electron chi connectivity index (χ0n) is 51.9. The number of ketones is 1. The quantitative estimate of drug-likeness (QED) is 0.0213. The number of nitrogens with one attached hydrogen (secondary N) is 3. The summed E-state index contributed by atoms with van der Waals surface area (Å²) in [6, 6.07) is 13.1. The molecule has 2 aromatic carbocycles. The number of aryl methyl sites for hydroxylation is 1. The normalized spacial score (nSPS) is 17.6. The van der Waals surface area contributed by atoms with E-state index in [1.807, 2.05) is 31.7 Å². The number of amides is 5. The highest BCUT2D eigenvalue weighted by atomic mass is 127. The van der Waals surface area contributed by atoms with Crippen molar-refractivity contribution >= 4 is 87.7 Å². The van der Waals surface area contributed by atoms with Gasteiger partial charge in [0.15, 0.2) is 5.78 Å². The van der Waals surface area contributed by atoms with Gasteiger partial charge >= 0.3 is 5.97 Å². The van der Waals surface area contributed by atoms with Crippen molar-refractivity contribution in [2.45, 2.75) is 108 Å². The number of rotatable bonds is 36. The number of unbranched alkanes of at least 4 members (excludes halogenated alkanes) is 3. The Hall–Kier alpha value is -6.97. The fourth-order valence-electron chi connectivity index (χ4n) is 11.2. The van der Waals surface area contributed by atoms with Gasteiger partial charge in [-0.2, -0.15) is 0 Å². The fraction of sp³-hybridized carbons (Fsp3) is 0.594. The second kappa shape index (κ2) is 39.4. The van der Waals surface area contributed by atoms with E-state index in [2.05, 4.69) is 66.5 Å². The highest BCUT2D eigenvalue weighted by molar-refractivity contribution is 14.1. The molecule has 3 saturated heterocycles. The number of nitrogens with zero attached hydrogens (tertiary/aromatic N) is 8. The monoisotopic (exact) mass is 1380 g/mol. The third-order valence-corrected chi connectivity index (χ3v) is 17.0. The number of benzene rings is 2. The Morgan fingerprint density at radius 1 is 0.703 bits per heavy atom. The van der Waals surface area contributed by atoms with Crippen LogP contribution in [0.5, 0.6) is 5.75 Å². The third kappa shape index (κ3) is 26.6. The molecule has 0 saturated carbocycles.